The van der Waals surface area contributed by atoms with E-state index in [1.807, 2.05) is 0 Å². The molecule has 6 N–H and O–H groups in total. The van der Waals surface area contributed by atoms with Crippen LogP contribution in [0.4, 0.5) is 17.8 Å². The zero-order chi connectivity index (χ0) is 19.4. The Morgan fingerprint density at radius 1 is 0.778 bits per heavy atom. The molecule has 0 unspecified atom stereocenters. The summed E-state index contributed by atoms with van der Waals surface area (Å²) >= 11 is 0. The molecule has 0 radical (unpaired) electrons. The minimum absolute atomic E-state index is 0.0723. The van der Waals surface area contributed by atoms with Gasteiger partial charge in [-0.3, -0.25) is 20.2 Å². The van der Waals surface area contributed by atoms with E-state index in [1.165, 1.54) is 48.5 Å². The third-order valence-corrected chi connectivity index (χ3v) is 3.32. The molecule has 0 spiro atoms. The molecule has 0 aliphatic heterocycles. The predicted octanol–water partition coefficient (Wildman–Crippen LogP) is 1.37. The van der Waals surface area contributed by atoms with Crippen LogP contribution in [-0.2, 0) is 0 Å². The normalized spacial score (nSPS) is 10.2. The van der Waals surface area contributed by atoms with Crippen molar-refractivity contribution in [1.29, 1.82) is 0 Å². The second kappa shape index (κ2) is 7.35. The number of aromatic hydroxyl groups is 2. The molecule has 0 aliphatic carbocycles. The number of nitrogens with two attached hydrogens (primary N) is 1. The van der Waals surface area contributed by atoms with Gasteiger partial charge in [-0.15, -0.1) is 0 Å². The first-order valence-corrected chi connectivity index (χ1v) is 7.63. The number of nitrogen functional groups attached to an aromatic ring is 1. The van der Waals surface area contributed by atoms with Crippen molar-refractivity contribution in [3.63, 3.8) is 0 Å². The van der Waals surface area contributed by atoms with Crippen LogP contribution in [0, 0.1) is 0 Å². The third-order valence-electron chi connectivity index (χ3n) is 3.32. The third kappa shape index (κ3) is 4.45. The quantitative estimate of drug-likeness (QED) is 0.462. The van der Waals surface area contributed by atoms with Gasteiger partial charge in [0.15, 0.2) is 0 Å². The maximum Gasteiger partial charge on any atom is 0.258 e. The Balaban J connectivity index is 1.78. The molecule has 136 valence electrons. The molecule has 0 fully saturated rings. The molecule has 2 amide bonds. The van der Waals surface area contributed by atoms with Gasteiger partial charge in [0.1, 0.15) is 11.5 Å². The van der Waals surface area contributed by atoms with E-state index in [2.05, 4.69) is 25.6 Å². The van der Waals surface area contributed by atoms with E-state index in [0.717, 1.165) is 0 Å². The molecular formula is C17H14N6O4. The summed E-state index contributed by atoms with van der Waals surface area (Å²) < 4.78 is 0. The number of hydrogen-bond acceptors (Lipinski definition) is 8. The molecule has 10 heteroatoms. The number of benzene rings is 2. The van der Waals surface area contributed by atoms with Crippen molar-refractivity contribution >= 4 is 29.7 Å². The van der Waals surface area contributed by atoms with E-state index in [1.54, 1.807) is 0 Å². The number of rotatable bonds is 4. The summed E-state index contributed by atoms with van der Waals surface area (Å²) in [5.74, 6) is -1.89. The topological polar surface area (TPSA) is 163 Å². The van der Waals surface area contributed by atoms with E-state index in [9.17, 15) is 19.8 Å². The highest BCUT2D eigenvalue weighted by Gasteiger charge is 2.13. The summed E-state index contributed by atoms with van der Waals surface area (Å²) in [5.41, 5.74) is 5.95. The maximum absolute atomic E-state index is 12.2. The van der Waals surface area contributed by atoms with Crippen molar-refractivity contribution < 1.29 is 19.8 Å². The van der Waals surface area contributed by atoms with Crippen LogP contribution >= 0.6 is 0 Å². The van der Waals surface area contributed by atoms with E-state index < -0.39 is 11.8 Å². The maximum atomic E-state index is 12.2. The van der Waals surface area contributed by atoms with Gasteiger partial charge in [-0.25, -0.2) is 0 Å². The van der Waals surface area contributed by atoms with Crippen molar-refractivity contribution in [2.75, 3.05) is 16.4 Å². The Bertz CT molecular complexity index is 946. The van der Waals surface area contributed by atoms with E-state index in [4.69, 9.17) is 5.73 Å². The van der Waals surface area contributed by atoms with E-state index >= 15 is 0 Å². The first kappa shape index (κ1) is 17.6. The lowest BCUT2D eigenvalue weighted by Gasteiger charge is -2.08. The van der Waals surface area contributed by atoms with Crippen molar-refractivity contribution in [3.8, 4) is 11.5 Å². The number of hydrogen-bond donors (Lipinski definition) is 5. The molecule has 0 atom stereocenters. The van der Waals surface area contributed by atoms with Gasteiger partial charge in [0.25, 0.3) is 11.8 Å². The number of amides is 2. The molecular weight excluding hydrogens is 352 g/mol. The van der Waals surface area contributed by atoms with Crippen molar-refractivity contribution in [2.45, 2.75) is 0 Å². The number of phenolic OH excluding ortho intramolecular Hbond substituents is 2. The summed E-state index contributed by atoms with van der Waals surface area (Å²) in [7, 11) is 0. The fourth-order valence-electron chi connectivity index (χ4n) is 2.15. The highest BCUT2D eigenvalue weighted by atomic mass is 16.3. The minimum Gasteiger partial charge on any atom is -0.508 e. The number of carbonyl (C=O) groups excluding carboxylic acids is 2. The van der Waals surface area contributed by atoms with Gasteiger partial charge in [0.05, 0.1) is 0 Å². The van der Waals surface area contributed by atoms with E-state index in [-0.39, 0.29) is 40.5 Å². The number of carbonyl (C=O) groups is 2. The molecule has 0 saturated heterocycles. The van der Waals surface area contributed by atoms with Gasteiger partial charge in [0, 0.05) is 11.1 Å². The van der Waals surface area contributed by atoms with Gasteiger partial charge >= 0.3 is 0 Å². The monoisotopic (exact) mass is 366 g/mol. The Morgan fingerprint density at radius 2 is 1.22 bits per heavy atom. The zero-order valence-corrected chi connectivity index (χ0v) is 13.7. The van der Waals surface area contributed by atoms with Gasteiger partial charge in [-0.1, -0.05) is 12.1 Å². The standard InChI is InChI=1S/C17H14N6O4/c18-15-21-16(19-13(26)9-3-1-5-11(24)7-9)23-17(22-15)20-14(27)10-4-2-6-12(25)8-10/h1-8,24-25H,(H4,18,19,20,21,22,23,26,27). The van der Waals surface area contributed by atoms with Crippen LogP contribution in [0.1, 0.15) is 20.7 Å². The van der Waals surface area contributed by atoms with Crippen LogP contribution in [0.25, 0.3) is 0 Å². The van der Waals surface area contributed by atoms with Crippen molar-refractivity contribution in [3.05, 3.63) is 59.7 Å². The molecule has 0 bridgehead atoms. The summed E-state index contributed by atoms with van der Waals surface area (Å²) in [6.07, 6.45) is 0. The number of anilines is 3. The lowest BCUT2D eigenvalue weighted by molar-refractivity contribution is 0.101. The molecule has 3 aromatic rings. The molecule has 3 rings (SSSR count). The largest absolute Gasteiger partial charge is 0.508 e. The fraction of sp³-hybridized carbons (Fsp3) is 0. The van der Waals surface area contributed by atoms with Crippen LogP contribution in [0.15, 0.2) is 48.5 Å². The summed E-state index contributed by atoms with van der Waals surface area (Å²) in [6.45, 7) is 0. The van der Waals surface area contributed by atoms with Gasteiger partial charge in [0.2, 0.25) is 17.8 Å². The fourth-order valence-corrected chi connectivity index (χ4v) is 2.15. The van der Waals surface area contributed by atoms with Crippen LogP contribution in [0.3, 0.4) is 0 Å². The first-order valence-electron chi connectivity index (χ1n) is 7.63. The smallest absolute Gasteiger partial charge is 0.258 e. The lowest BCUT2D eigenvalue weighted by Crippen LogP contribution is -2.19. The second-order valence-electron chi connectivity index (χ2n) is 5.35. The van der Waals surface area contributed by atoms with Crippen LogP contribution in [-0.4, -0.2) is 37.0 Å². The molecule has 0 saturated carbocycles. The summed E-state index contributed by atoms with van der Waals surface area (Å²) in [6, 6.07) is 11.4. The SMILES string of the molecule is Nc1nc(NC(=O)c2cccc(O)c2)nc(NC(=O)c2cccc(O)c2)n1. The van der Waals surface area contributed by atoms with Gasteiger partial charge in [-0.2, -0.15) is 15.0 Å². The first-order chi connectivity index (χ1) is 12.9. The number of aromatic nitrogens is 3. The molecule has 1 heterocycles. The van der Waals surface area contributed by atoms with Crippen molar-refractivity contribution in [1.82, 2.24) is 15.0 Å². The Kier molecular flexibility index (Phi) is 4.79. The van der Waals surface area contributed by atoms with Crippen LogP contribution < -0.4 is 16.4 Å². The number of nitrogens with one attached hydrogen (secondary N) is 2. The Morgan fingerprint density at radius 3 is 1.63 bits per heavy atom. The summed E-state index contributed by atoms with van der Waals surface area (Å²) in [4.78, 5) is 35.9. The number of phenols is 2. The average molecular weight is 366 g/mol. The lowest BCUT2D eigenvalue weighted by atomic mass is 10.2. The highest BCUT2D eigenvalue weighted by Crippen LogP contribution is 2.15. The molecule has 27 heavy (non-hydrogen) atoms. The Labute approximate surface area is 152 Å². The highest BCUT2D eigenvalue weighted by molar-refractivity contribution is 6.05. The molecule has 0 aliphatic rings. The van der Waals surface area contributed by atoms with Crippen LogP contribution in [0.5, 0.6) is 11.5 Å². The van der Waals surface area contributed by atoms with E-state index in [0.29, 0.717) is 0 Å². The Hall–Kier alpha value is -4.21. The number of nitrogens with zero attached hydrogens (tertiary/aromatic N) is 3. The predicted molar refractivity (Wildman–Crippen MR) is 96.4 cm³/mol. The van der Waals surface area contributed by atoms with Gasteiger partial charge < -0.3 is 15.9 Å². The molecule has 10 nitrogen and oxygen atoms in total. The summed E-state index contributed by atoms with van der Waals surface area (Å²) in [5, 5.41) is 23.7. The van der Waals surface area contributed by atoms with Gasteiger partial charge in [-0.05, 0) is 36.4 Å². The minimum atomic E-state index is -0.582. The van der Waals surface area contributed by atoms with Crippen molar-refractivity contribution in [2.24, 2.45) is 0 Å². The molecule has 2 aromatic carbocycles. The second-order valence-corrected chi connectivity index (χ2v) is 5.35. The molecule has 1 aromatic heterocycles. The van der Waals surface area contributed by atoms with Crippen LogP contribution in [0.2, 0.25) is 0 Å². The average Bonchev–Trinajstić information content (AvgIpc) is 2.61. The zero-order valence-electron chi connectivity index (χ0n) is 13.7.